The average molecular weight is 433 g/mol. The summed E-state index contributed by atoms with van der Waals surface area (Å²) in [5, 5.41) is 3.55. The summed E-state index contributed by atoms with van der Waals surface area (Å²) in [6.07, 6.45) is 8.38. The number of nitrogens with zero attached hydrogens (tertiary/aromatic N) is 1. The van der Waals surface area contributed by atoms with Gasteiger partial charge in [0.2, 0.25) is 5.91 Å². The van der Waals surface area contributed by atoms with Crippen LogP contribution < -0.4 is 5.32 Å². The van der Waals surface area contributed by atoms with E-state index in [1.165, 1.54) is 0 Å². The molecule has 4 atom stereocenters. The number of amides is 2. The van der Waals surface area contributed by atoms with Crippen LogP contribution in [0.2, 0.25) is 5.02 Å². The number of alkyl carbamates (subject to hydrolysis) is 1. The van der Waals surface area contributed by atoms with E-state index >= 15 is 0 Å². The van der Waals surface area contributed by atoms with Crippen LogP contribution in [0, 0.1) is 11.8 Å². The summed E-state index contributed by atoms with van der Waals surface area (Å²) in [5.74, 6) is 1.10. The Kier molecular flexibility index (Phi) is 6.57. The lowest BCUT2D eigenvalue weighted by molar-refractivity contribution is -0.141. The van der Waals surface area contributed by atoms with Crippen LogP contribution in [0.5, 0.6) is 0 Å². The maximum absolute atomic E-state index is 12.7. The van der Waals surface area contributed by atoms with Crippen LogP contribution in [0.15, 0.2) is 24.3 Å². The normalized spacial score (nSPS) is 30.9. The first-order valence-corrected chi connectivity index (χ1v) is 11.9. The quantitative estimate of drug-likeness (QED) is 0.686. The Morgan fingerprint density at radius 1 is 1.30 bits per heavy atom. The summed E-state index contributed by atoms with van der Waals surface area (Å²) in [7, 11) is 0. The Labute approximate surface area is 184 Å². The van der Waals surface area contributed by atoms with Crippen molar-refractivity contribution in [2.75, 3.05) is 6.54 Å². The number of carbonyl (C=O) groups is 2. The molecule has 4 rings (SSSR count). The van der Waals surface area contributed by atoms with Crippen LogP contribution >= 0.6 is 11.6 Å². The first-order valence-electron chi connectivity index (χ1n) is 11.5. The van der Waals surface area contributed by atoms with E-state index < -0.39 is 0 Å². The number of rotatable bonds is 5. The minimum Gasteiger partial charge on any atom is -0.446 e. The van der Waals surface area contributed by atoms with Crippen molar-refractivity contribution in [3.8, 4) is 0 Å². The number of benzene rings is 1. The molecule has 3 fully saturated rings. The second-order valence-electron chi connectivity index (χ2n) is 9.17. The molecule has 5 nitrogen and oxygen atoms in total. The maximum Gasteiger partial charge on any atom is 0.407 e. The molecule has 1 saturated carbocycles. The number of hydrogen-bond acceptors (Lipinski definition) is 3. The fourth-order valence-corrected chi connectivity index (χ4v) is 6.54. The van der Waals surface area contributed by atoms with E-state index in [1.807, 2.05) is 24.3 Å². The van der Waals surface area contributed by atoms with Crippen molar-refractivity contribution in [2.24, 2.45) is 11.8 Å². The number of carbonyl (C=O) groups excluding carboxylic acids is 2. The van der Waals surface area contributed by atoms with Gasteiger partial charge in [0.05, 0.1) is 0 Å². The zero-order valence-electron chi connectivity index (χ0n) is 17.9. The first-order chi connectivity index (χ1) is 14.5. The third kappa shape index (κ3) is 4.18. The largest absolute Gasteiger partial charge is 0.446 e. The number of nitrogens with one attached hydrogen (secondary N) is 1. The fraction of sp³-hybridized carbons (Fsp3) is 0.667. The molecule has 1 N–H and O–H groups in total. The van der Waals surface area contributed by atoms with E-state index in [0.29, 0.717) is 35.7 Å². The van der Waals surface area contributed by atoms with Crippen molar-refractivity contribution in [3.63, 3.8) is 0 Å². The van der Waals surface area contributed by atoms with E-state index in [0.717, 1.165) is 63.5 Å². The molecular weight excluding hydrogens is 400 g/mol. The van der Waals surface area contributed by atoms with Crippen LogP contribution in [0.3, 0.4) is 0 Å². The Hall–Kier alpha value is -1.75. The average Bonchev–Trinajstić information content (AvgIpc) is 3.09. The van der Waals surface area contributed by atoms with Crippen LogP contribution in [0.25, 0.3) is 0 Å². The third-order valence-electron chi connectivity index (χ3n) is 7.49. The lowest BCUT2D eigenvalue weighted by Gasteiger charge is -2.52. The van der Waals surface area contributed by atoms with Crippen LogP contribution in [-0.2, 0) is 16.1 Å². The molecule has 3 aliphatic rings. The van der Waals surface area contributed by atoms with Gasteiger partial charge < -0.3 is 15.0 Å². The van der Waals surface area contributed by atoms with Gasteiger partial charge in [0.1, 0.15) is 6.10 Å². The third-order valence-corrected chi connectivity index (χ3v) is 7.72. The molecule has 1 aromatic carbocycles. The van der Waals surface area contributed by atoms with Gasteiger partial charge in [0.25, 0.3) is 0 Å². The van der Waals surface area contributed by atoms with Crippen molar-refractivity contribution in [3.05, 3.63) is 34.9 Å². The molecule has 1 spiro atoms. The van der Waals surface area contributed by atoms with Crippen molar-refractivity contribution < 1.29 is 14.3 Å². The highest BCUT2D eigenvalue weighted by atomic mass is 35.5. The van der Waals surface area contributed by atoms with E-state index in [4.69, 9.17) is 16.3 Å². The van der Waals surface area contributed by atoms with Gasteiger partial charge in [-0.25, -0.2) is 4.79 Å². The summed E-state index contributed by atoms with van der Waals surface area (Å²) in [4.78, 5) is 27.5. The summed E-state index contributed by atoms with van der Waals surface area (Å²) in [6, 6.07) is 7.49. The molecule has 30 heavy (non-hydrogen) atoms. The fourth-order valence-electron chi connectivity index (χ4n) is 6.33. The van der Waals surface area contributed by atoms with Gasteiger partial charge in [-0.15, -0.1) is 0 Å². The van der Waals surface area contributed by atoms with Gasteiger partial charge in [-0.05, 0) is 68.6 Å². The zero-order chi connectivity index (χ0) is 21.1. The van der Waals surface area contributed by atoms with Gasteiger partial charge in [-0.1, -0.05) is 37.1 Å². The monoisotopic (exact) mass is 432 g/mol. The summed E-state index contributed by atoms with van der Waals surface area (Å²) < 4.78 is 5.98. The molecule has 6 heteroatoms. The highest BCUT2D eigenvalue weighted by Gasteiger charge is 2.56. The molecule has 2 saturated heterocycles. The highest BCUT2D eigenvalue weighted by Crippen LogP contribution is 2.53. The molecule has 1 aliphatic carbocycles. The van der Waals surface area contributed by atoms with Crippen LogP contribution in [-0.4, -0.2) is 35.1 Å². The minimum absolute atomic E-state index is 0.00451. The summed E-state index contributed by atoms with van der Waals surface area (Å²) in [5.41, 5.74) is 0.959. The van der Waals surface area contributed by atoms with E-state index in [-0.39, 0.29) is 17.7 Å². The van der Waals surface area contributed by atoms with E-state index in [2.05, 4.69) is 17.1 Å². The molecule has 0 bridgehead atoms. The van der Waals surface area contributed by atoms with Crippen molar-refractivity contribution in [1.29, 1.82) is 0 Å². The van der Waals surface area contributed by atoms with Crippen molar-refractivity contribution in [2.45, 2.75) is 82.9 Å². The Morgan fingerprint density at radius 2 is 2.17 bits per heavy atom. The first kappa shape index (κ1) is 21.5. The Balaban J connectivity index is 1.45. The van der Waals surface area contributed by atoms with E-state index in [9.17, 15) is 9.59 Å². The lowest BCUT2D eigenvalue weighted by atomic mass is 9.62. The number of halogens is 1. The van der Waals surface area contributed by atoms with Gasteiger partial charge in [-0.2, -0.15) is 0 Å². The van der Waals surface area contributed by atoms with Crippen molar-refractivity contribution in [1.82, 2.24) is 10.2 Å². The molecule has 2 amide bonds. The Morgan fingerprint density at radius 3 is 2.97 bits per heavy atom. The predicted octanol–water partition coefficient (Wildman–Crippen LogP) is 5.31. The molecule has 0 unspecified atom stereocenters. The standard InChI is InChI=1S/C24H33ClN2O3/c1-2-6-19-20-9-4-10-22(28)27-14-5-12-24(20,27)13-11-21(19)30-23(29)26-16-17-7-3-8-18(25)15-17/h3,7-8,15,19-21H,2,4-6,9-14,16H2,1H3,(H,26,29)/t19-,20+,21+,24-/m1/s1. The molecule has 164 valence electrons. The molecular formula is C24H33ClN2O3. The number of hydrogen-bond donors (Lipinski definition) is 1. The smallest absolute Gasteiger partial charge is 0.407 e. The second kappa shape index (κ2) is 9.17. The predicted molar refractivity (Wildman–Crippen MR) is 117 cm³/mol. The van der Waals surface area contributed by atoms with Crippen LogP contribution in [0.1, 0.15) is 70.3 Å². The number of ether oxygens (including phenoxy) is 1. The maximum atomic E-state index is 12.7. The highest BCUT2D eigenvalue weighted by molar-refractivity contribution is 6.30. The Bertz CT molecular complexity index is 785. The summed E-state index contributed by atoms with van der Waals surface area (Å²) in [6.45, 7) is 3.51. The molecule has 1 aromatic rings. The molecule has 0 aromatic heterocycles. The van der Waals surface area contributed by atoms with Gasteiger partial charge in [0.15, 0.2) is 0 Å². The lowest BCUT2D eigenvalue weighted by Crippen LogP contribution is -2.58. The van der Waals surface area contributed by atoms with Gasteiger partial charge in [-0.3, -0.25) is 4.79 Å². The topological polar surface area (TPSA) is 58.6 Å². The molecule has 0 radical (unpaired) electrons. The molecule has 2 aliphatic heterocycles. The van der Waals surface area contributed by atoms with Crippen LogP contribution in [0.4, 0.5) is 4.79 Å². The minimum atomic E-state index is -0.356. The van der Waals surface area contributed by atoms with Gasteiger partial charge >= 0.3 is 6.09 Å². The van der Waals surface area contributed by atoms with E-state index in [1.54, 1.807) is 0 Å². The van der Waals surface area contributed by atoms with Gasteiger partial charge in [0, 0.05) is 36.0 Å². The summed E-state index contributed by atoms with van der Waals surface area (Å²) >= 11 is 6.03. The van der Waals surface area contributed by atoms with Crippen molar-refractivity contribution >= 4 is 23.6 Å². The molecule has 2 heterocycles. The zero-order valence-corrected chi connectivity index (χ0v) is 18.6. The second-order valence-corrected chi connectivity index (χ2v) is 9.61. The SMILES string of the molecule is CCC[C@H]1[C@@H](OC(=O)NCc2cccc(Cl)c2)CC[C@@]23CCCN2C(=O)CCC[C@@H]13.